The van der Waals surface area contributed by atoms with Crippen LogP contribution in [0.15, 0.2) is 0 Å². The fourth-order valence-electron chi connectivity index (χ4n) is 1.18. The zero-order chi connectivity index (χ0) is 6.69. The molecule has 0 amide bonds. The first-order chi connectivity index (χ1) is 4.29. The molecule has 1 atom stereocenters. The van der Waals surface area contributed by atoms with Gasteiger partial charge in [0.15, 0.2) is 0 Å². The maximum Gasteiger partial charge on any atom is 0.0568 e. The second kappa shape index (κ2) is 3.76. The first-order valence-electron chi connectivity index (χ1n) is 3.68. The molecule has 9 heavy (non-hydrogen) atoms. The van der Waals surface area contributed by atoms with Crippen molar-refractivity contribution in [3.8, 4) is 0 Å². The lowest BCUT2D eigenvalue weighted by Gasteiger charge is -2.25. The van der Waals surface area contributed by atoms with Gasteiger partial charge >= 0.3 is 0 Å². The third-order valence-electron chi connectivity index (χ3n) is 2.08. The minimum absolute atomic E-state index is 0.392. The Morgan fingerprint density at radius 2 is 2.22 bits per heavy atom. The van der Waals surface area contributed by atoms with E-state index in [1.165, 1.54) is 32.1 Å². The van der Waals surface area contributed by atoms with E-state index in [9.17, 15) is 0 Å². The van der Waals surface area contributed by atoms with Crippen LogP contribution in [0.4, 0.5) is 0 Å². The maximum atomic E-state index is 5.61. The normalized spacial score (nSPS) is 23.3. The van der Waals surface area contributed by atoms with E-state index in [-0.39, 0.29) is 0 Å². The fourth-order valence-corrected chi connectivity index (χ4v) is 1.54. The van der Waals surface area contributed by atoms with Crippen LogP contribution in [0.2, 0.25) is 0 Å². The van der Waals surface area contributed by atoms with Crippen LogP contribution in [0.25, 0.3) is 0 Å². The molecule has 0 aromatic carbocycles. The Morgan fingerprint density at radius 1 is 1.56 bits per heavy atom. The molecule has 0 heterocycles. The molecular formula is C7H14IN. The zero-order valence-corrected chi connectivity index (χ0v) is 7.80. The molecule has 1 nitrogen and oxygen atoms in total. The minimum Gasteiger partial charge on any atom is -0.320 e. The molecule has 1 saturated carbocycles. The van der Waals surface area contributed by atoms with Gasteiger partial charge in [-0.1, -0.05) is 41.9 Å². The van der Waals surface area contributed by atoms with Crippen LogP contribution in [0.1, 0.15) is 32.1 Å². The van der Waals surface area contributed by atoms with Crippen LogP contribution in [-0.4, -0.2) is 4.05 Å². The van der Waals surface area contributed by atoms with Gasteiger partial charge in [0.25, 0.3) is 0 Å². The molecule has 2 N–H and O–H groups in total. The summed E-state index contributed by atoms with van der Waals surface area (Å²) in [7, 11) is 0. The van der Waals surface area contributed by atoms with E-state index in [1.807, 2.05) is 0 Å². The Morgan fingerprint density at radius 3 is 2.56 bits per heavy atom. The zero-order valence-electron chi connectivity index (χ0n) is 5.65. The van der Waals surface area contributed by atoms with Crippen molar-refractivity contribution in [2.75, 3.05) is 0 Å². The van der Waals surface area contributed by atoms with Crippen LogP contribution in [-0.2, 0) is 0 Å². The fraction of sp³-hybridized carbons (Fsp3) is 1.00. The van der Waals surface area contributed by atoms with Gasteiger partial charge in [-0.2, -0.15) is 0 Å². The standard InChI is InChI=1S/C7H14IN/c8-7(9)5-4-6-2-1-3-6/h6-7H,1-5,9H2/t7-/m0/s1. The topological polar surface area (TPSA) is 26.0 Å². The highest BCUT2D eigenvalue weighted by atomic mass is 127. The molecule has 0 bridgehead atoms. The van der Waals surface area contributed by atoms with Gasteiger partial charge in [0.2, 0.25) is 0 Å². The number of alkyl halides is 1. The van der Waals surface area contributed by atoms with E-state index in [0.717, 1.165) is 5.92 Å². The predicted molar refractivity (Wildman–Crippen MR) is 48.6 cm³/mol. The van der Waals surface area contributed by atoms with Crippen LogP contribution >= 0.6 is 22.6 Å². The Kier molecular flexibility index (Phi) is 3.26. The summed E-state index contributed by atoms with van der Waals surface area (Å²) in [6.07, 6.45) is 6.96. The van der Waals surface area contributed by atoms with E-state index in [0.29, 0.717) is 4.05 Å². The van der Waals surface area contributed by atoms with E-state index < -0.39 is 0 Å². The number of nitrogens with two attached hydrogens (primary N) is 1. The van der Waals surface area contributed by atoms with E-state index in [4.69, 9.17) is 5.73 Å². The molecule has 0 unspecified atom stereocenters. The largest absolute Gasteiger partial charge is 0.320 e. The van der Waals surface area contributed by atoms with Gasteiger partial charge in [-0.05, 0) is 18.8 Å². The second-order valence-electron chi connectivity index (χ2n) is 2.89. The lowest BCUT2D eigenvalue weighted by Crippen LogP contribution is -2.16. The summed E-state index contributed by atoms with van der Waals surface area (Å²) >= 11 is 2.29. The van der Waals surface area contributed by atoms with Crippen molar-refractivity contribution in [3.05, 3.63) is 0 Å². The molecule has 0 aliphatic heterocycles. The first-order valence-corrected chi connectivity index (χ1v) is 4.93. The van der Waals surface area contributed by atoms with Crippen molar-refractivity contribution in [1.82, 2.24) is 0 Å². The summed E-state index contributed by atoms with van der Waals surface area (Å²) in [5.41, 5.74) is 5.61. The van der Waals surface area contributed by atoms with Gasteiger partial charge in [-0.3, -0.25) is 0 Å². The summed E-state index contributed by atoms with van der Waals surface area (Å²) in [6, 6.07) is 0. The molecule has 0 saturated heterocycles. The minimum atomic E-state index is 0.392. The van der Waals surface area contributed by atoms with Crippen LogP contribution in [0.5, 0.6) is 0 Å². The Bertz CT molecular complexity index is 79.0. The molecule has 1 aliphatic carbocycles. The highest BCUT2D eigenvalue weighted by Crippen LogP contribution is 2.30. The average molecular weight is 239 g/mol. The predicted octanol–water partition coefficient (Wildman–Crippen LogP) is 2.29. The summed E-state index contributed by atoms with van der Waals surface area (Å²) < 4.78 is 0.392. The summed E-state index contributed by atoms with van der Waals surface area (Å²) in [5, 5.41) is 0. The lowest BCUT2D eigenvalue weighted by atomic mass is 9.82. The third kappa shape index (κ3) is 2.85. The van der Waals surface area contributed by atoms with Gasteiger partial charge in [0.1, 0.15) is 0 Å². The molecule has 1 fully saturated rings. The smallest absolute Gasteiger partial charge is 0.0568 e. The molecule has 54 valence electrons. The van der Waals surface area contributed by atoms with Crippen LogP contribution in [0, 0.1) is 5.92 Å². The molecule has 1 rings (SSSR count). The van der Waals surface area contributed by atoms with Gasteiger partial charge < -0.3 is 5.73 Å². The molecule has 0 spiro atoms. The molecular weight excluding hydrogens is 225 g/mol. The van der Waals surface area contributed by atoms with Crippen molar-refractivity contribution < 1.29 is 0 Å². The summed E-state index contributed by atoms with van der Waals surface area (Å²) in [6.45, 7) is 0. The first kappa shape index (κ1) is 7.79. The third-order valence-corrected chi connectivity index (χ3v) is 2.70. The van der Waals surface area contributed by atoms with E-state index in [2.05, 4.69) is 22.6 Å². The SMILES string of the molecule is N[C@H](I)CCC1CCC1. The number of halogens is 1. The number of rotatable bonds is 3. The number of hydrogen-bond donors (Lipinski definition) is 1. The highest BCUT2D eigenvalue weighted by Gasteiger charge is 2.16. The van der Waals surface area contributed by atoms with Gasteiger partial charge in [0, 0.05) is 0 Å². The van der Waals surface area contributed by atoms with Gasteiger partial charge in [0.05, 0.1) is 4.05 Å². The Labute approximate surface area is 70.5 Å². The van der Waals surface area contributed by atoms with Gasteiger partial charge in [-0.15, -0.1) is 0 Å². The molecule has 0 aromatic heterocycles. The van der Waals surface area contributed by atoms with Crippen molar-refractivity contribution >= 4 is 22.6 Å². The maximum absolute atomic E-state index is 5.61. The molecule has 0 aromatic rings. The lowest BCUT2D eigenvalue weighted by molar-refractivity contribution is 0.290. The molecule has 1 aliphatic rings. The number of hydrogen-bond acceptors (Lipinski definition) is 1. The average Bonchev–Trinajstić information content (AvgIpc) is 1.60. The Balaban J connectivity index is 1.91. The van der Waals surface area contributed by atoms with Gasteiger partial charge in [-0.25, -0.2) is 0 Å². The van der Waals surface area contributed by atoms with Crippen LogP contribution in [0.3, 0.4) is 0 Å². The monoisotopic (exact) mass is 239 g/mol. The van der Waals surface area contributed by atoms with Crippen molar-refractivity contribution in [3.63, 3.8) is 0 Å². The Hall–Kier alpha value is 0.690. The van der Waals surface area contributed by atoms with Crippen molar-refractivity contribution in [2.24, 2.45) is 11.7 Å². The van der Waals surface area contributed by atoms with Crippen molar-refractivity contribution in [2.45, 2.75) is 36.2 Å². The summed E-state index contributed by atoms with van der Waals surface area (Å²) in [4.78, 5) is 0. The van der Waals surface area contributed by atoms with E-state index in [1.54, 1.807) is 0 Å². The highest BCUT2D eigenvalue weighted by molar-refractivity contribution is 14.1. The molecule has 0 radical (unpaired) electrons. The van der Waals surface area contributed by atoms with Crippen LogP contribution < -0.4 is 5.73 Å². The summed E-state index contributed by atoms with van der Waals surface area (Å²) in [5.74, 6) is 1.03. The molecule has 2 heteroatoms. The second-order valence-corrected chi connectivity index (χ2v) is 4.49. The van der Waals surface area contributed by atoms with Crippen molar-refractivity contribution in [1.29, 1.82) is 0 Å². The van der Waals surface area contributed by atoms with E-state index >= 15 is 0 Å². The quantitative estimate of drug-likeness (QED) is 0.456.